The predicted octanol–water partition coefficient (Wildman–Crippen LogP) is 3.65. The fourth-order valence-corrected chi connectivity index (χ4v) is 3.57. The van der Waals surface area contributed by atoms with Crippen LogP contribution in [0.5, 0.6) is 0 Å². The van der Waals surface area contributed by atoms with Crippen molar-refractivity contribution in [3.63, 3.8) is 0 Å². The normalized spacial score (nSPS) is 8.89. The van der Waals surface area contributed by atoms with Crippen LogP contribution in [0.1, 0.15) is 23.5 Å². The fourth-order valence-electron chi connectivity index (χ4n) is 1.16. The van der Waals surface area contributed by atoms with Gasteiger partial charge in [-0.15, -0.1) is 23.5 Å². The van der Waals surface area contributed by atoms with E-state index in [4.69, 9.17) is 15.7 Å². The third-order valence-corrected chi connectivity index (χ3v) is 6.37. The molecule has 158 valence electrons. The summed E-state index contributed by atoms with van der Waals surface area (Å²) >= 11 is 9.36. The van der Waals surface area contributed by atoms with E-state index in [0.717, 1.165) is 8.72 Å². The van der Waals surface area contributed by atoms with Crippen LogP contribution in [0.3, 0.4) is 0 Å². The van der Waals surface area contributed by atoms with Crippen molar-refractivity contribution in [3.05, 3.63) is 4.88 Å². The lowest BCUT2D eigenvalue weighted by molar-refractivity contribution is -0.139. The second-order valence-electron chi connectivity index (χ2n) is 3.97. The second kappa shape index (κ2) is 19.3. The van der Waals surface area contributed by atoms with E-state index in [-0.39, 0.29) is 17.5 Å². The van der Waals surface area contributed by atoms with Gasteiger partial charge in [0.05, 0.1) is 19.0 Å². The van der Waals surface area contributed by atoms with Crippen molar-refractivity contribution >= 4 is 81.4 Å². The molecule has 0 unspecified atom stereocenters. The smallest absolute Gasteiger partial charge is 0.352 e. The molecule has 13 heteroatoms. The van der Waals surface area contributed by atoms with Gasteiger partial charge in [-0.1, -0.05) is 23.1 Å². The highest BCUT2D eigenvalue weighted by Crippen LogP contribution is 2.27. The molecule has 0 aliphatic heterocycles. The molecule has 0 amide bonds. The van der Waals surface area contributed by atoms with Crippen LogP contribution in [0, 0.1) is 11.5 Å². The molecular formula is C15H24N4O4S5. The Morgan fingerprint density at radius 1 is 1.25 bits per heavy atom. The number of aromatic nitrogens is 1. The Bertz CT molecular complexity index is 655. The summed E-state index contributed by atoms with van der Waals surface area (Å²) in [5.41, 5.74) is 5.53. The topological polar surface area (TPSA) is 128 Å². The lowest BCUT2D eigenvalue weighted by Crippen LogP contribution is -2.05. The number of ether oxygens (including phenoxy) is 2. The third-order valence-electron chi connectivity index (χ3n) is 2.19. The van der Waals surface area contributed by atoms with Crippen LogP contribution in [0.4, 0.5) is 5.82 Å². The van der Waals surface area contributed by atoms with Gasteiger partial charge in [-0.05, 0) is 32.6 Å². The Balaban J connectivity index is 0. The number of hydrogen-bond acceptors (Lipinski definition) is 13. The molecule has 0 aromatic carbocycles. The second-order valence-corrected chi connectivity index (χ2v) is 8.18. The van der Waals surface area contributed by atoms with Crippen LogP contribution in [0.2, 0.25) is 0 Å². The van der Waals surface area contributed by atoms with Gasteiger partial charge >= 0.3 is 11.9 Å². The van der Waals surface area contributed by atoms with Crippen LogP contribution in [0.25, 0.3) is 0 Å². The molecule has 0 saturated carbocycles. The Labute approximate surface area is 187 Å². The quantitative estimate of drug-likeness (QED) is 0.160. The molecule has 0 atom stereocenters. The number of thioether (sulfide) groups is 3. The van der Waals surface area contributed by atoms with E-state index in [1.165, 1.54) is 46.6 Å². The average Bonchev–Trinajstić information content (AvgIpc) is 3.08. The Morgan fingerprint density at radius 2 is 1.82 bits per heavy atom. The molecular weight excluding hydrogens is 461 g/mol. The minimum absolute atomic E-state index is 0.174. The Hall–Kier alpha value is -1.07. The maximum Gasteiger partial charge on any atom is 0.352 e. The summed E-state index contributed by atoms with van der Waals surface area (Å²) in [6.45, 7) is 4.32. The highest BCUT2D eigenvalue weighted by Gasteiger charge is 2.16. The lowest BCUT2D eigenvalue weighted by atomic mass is 10.5. The van der Waals surface area contributed by atoms with E-state index in [0.29, 0.717) is 18.1 Å². The van der Waals surface area contributed by atoms with Crippen molar-refractivity contribution in [3.8, 4) is 6.19 Å². The zero-order valence-electron chi connectivity index (χ0n) is 16.3. The minimum Gasteiger partial charge on any atom is -0.465 e. The van der Waals surface area contributed by atoms with Gasteiger partial charge in [0.2, 0.25) is 6.19 Å². The Kier molecular flexibility index (Phi) is 20.0. The maximum atomic E-state index is 11.3. The average molecular weight is 485 g/mol. The monoisotopic (exact) mass is 484 g/mol. The van der Waals surface area contributed by atoms with Gasteiger partial charge in [0.15, 0.2) is 15.0 Å². The molecule has 0 saturated heterocycles. The molecule has 1 rings (SSSR count). The Morgan fingerprint density at radius 3 is 2.11 bits per heavy atom. The number of hydrogen-bond donors (Lipinski definition) is 2. The van der Waals surface area contributed by atoms with Crippen molar-refractivity contribution in [1.82, 2.24) is 4.98 Å². The van der Waals surface area contributed by atoms with E-state index in [1.807, 2.05) is 18.8 Å². The highest BCUT2D eigenvalue weighted by molar-refractivity contribution is 8.38. The summed E-state index contributed by atoms with van der Waals surface area (Å²) < 4.78 is 10.9. The van der Waals surface area contributed by atoms with Crippen molar-refractivity contribution in [2.24, 2.45) is 4.99 Å². The molecule has 0 fully saturated rings. The summed E-state index contributed by atoms with van der Waals surface area (Å²) in [7, 11) is 0. The number of anilines is 1. The summed E-state index contributed by atoms with van der Waals surface area (Å²) in [4.78, 5) is 29.3. The third kappa shape index (κ3) is 14.0. The standard InChI is InChI=1S/C7H10N2O2S2.C4H6N2S2.C4H8O2S/c1-3-11-6(10)4-5(8)9-7(12-2)13-4;1-7-4(8-2)6-3-5;1-2-6-4(5)3-7/h3,8H2,1-2H3;1-2H3;7H,2-3H2,1H3. The minimum atomic E-state index is -0.391. The van der Waals surface area contributed by atoms with Crippen LogP contribution in [-0.2, 0) is 14.3 Å². The van der Waals surface area contributed by atoms with Crippen LogP contribution >= 0.6 is 59.3 Å². The first-order chi connectivity index (χ1) is 13.3. The summed E-state index contributed by atoms with van der Waals surface area (Å²) in [5, 5.41) is 8.03. The summed E-state index contributed by atoms with van der Waals surface area (Å²) in [6, 6.07) is 0. The molecule has 2 N–H and O–H groups in total. The molecule has 0 aliphatic carbocycles. The van der Waals surface area contributed by atoms with Gasteiger partial charge in [0, 0.05) is 0 Å². The van der Waals surface area contributed by atoms with Crippen molar-refractivity contribution in [2.45, 2.75) is 18.2 Å². The molecule has 1 heterocycles. The number of thiol groups is 1. The number of nitrogen functional groups attached to an aromatic ring is 1. The molecule has 1 aromatic heterocycles. The van der Waals surface area contributed by atoms with Crippen LogP contribution < -0.4 is 5.73 Å². The van der Waals surface area contributed by atoms with Gasteiger partial charge in [-0.25, -0.2) is 9.78 Å². The van der Waals surface area contributed by atoms with Gasteiger partial charge < -0.3 is 15.2 Å². The largest absolute Gasteiger partial charge is 0.465 e. The van der Waals surface area contributed by atoms with Crippen molar-refractivity contribution < 1.29 is 19.1 Å². The van der Waals surface area contributed by atoms with Crippen molar-refractivity contribution in [2.75, 3.05) is 43.5 Å². The number of thiazole rings is 1. The molecule has 0 bridgehead atoms. The van der Waals surface area contributed by atoms with E-state index >= 15 is 0 Å². The first-order valence-corrected chi connectivity index (χ1v) is 12.8. The van der Waals surface area contributed by atoms with Gasteiger partial charge in [0.25, 0.3) is 0 Å². The molecule has 0 radical (unpaired) electrons. The predicted molar refractivity (Wildman–Crippen MR) is 125 cm³/mol. The van der Waals surface area contributed by atoms with Gasteiger partial charge in [-0.2, -0.15) is 22.9 Å². The van der Waals surface area contributed by atoms with E-state index in [9.17, 15) is 9.59 Å². The zero-order valence-corrected chi connectivity index (χ0v) is 20.4. The van der Waals surface area contributed by atoms with E-state index in [2.05, 4.69) is 27.3 Å². The maximum absolute atomic E-state index is 11.3. The number of carbonyl (C=O) groups excluding carboxylic acids is 2. The molecule has 28 heavy (non-hydrogen) atoms. The van der Waals surface area contributed by atoms with Gasteiger partial charge in [0.1, 0.15) is 4.38 Å². The number of nitrogens with two attached hydrogens (primary N) is 1. The van der Waals surface area contributed by atoms with E-state index in [1.54, 1.807) is 20.0 Å². The molecule has 0 aliphatic rings. The zero-order chi connectivity index (χ0) is 21.9. The summed E-state index contributed by atoms with van der Waals surface area (Å²) in [6.07, 6.45) is 7.39. The van der Waals surface area contributed by atoms with E-state index < -0.39 is 5.97 Å². The first-order valence-electron chi connectivity index (χ1n) is 7.63. The van der Waals surface area contributed by atoms with Crippen LogP contribution in [0.15, 0.2) is 9.33 Å². The van der Waals surface area contributed by atoms with Crippen LogP contribution in [-0.4, -0.2) is 59.0 Å². The number of nitriles is 1. The lowest BCUT2D eigenvalue weighted by Gasteiger charge is -1.97. The first kappa shape index (κ1) is 29.1. The number of rotatable bonds is 5. The number of aliphatic imine (C=N–C) groups is 1. The molecule has 8 nitrogen and oxygen atoms in total. The van der Waals surface area contributed by atoms with Gasteiger partial charge in [-0.3, -0.25) is 4.79 Å². The van der Waals surface area contributed by atoms with Crippen molar-refractivity contribution in [1.29, 1.82) is 5.26 Å². The fraction of sp³-hybridized carbons (Fsp3) is 0.533. The number of carbonyl (C=O) groups is 2. The molecule has 0 spiro atoms. The number of esters is 2. The molecule has 1 aromatic rings. The number of nitrogens with zero attached hydrogens (tertiary/aromatic N) is 3. The SMILES string of the molecule is CCOC(=O)CS.CCOC(=O)c1sc(SC)nc1N.CSC(=NC#N)SC. The highest BCUT2D eigenvalue weighted by atomic mass is 32.2. The summed E-state index contributed by atoms with van der Waals surface area (Å²) in [5.74, 6) is -0.218.